The van der Waals surface area contributed by atoms with Crippen LogP contribution in [0.5, 0.6) is 5.75 Å². The van der Waals surface area contributed by atoms with Gasteiger partial charge in [-0.2, -0.15) is 8.78 Å². The quantitative estimate of drug-likeness (QED) is 0.278. The Hall–Kier alpha value is -2.47. The molecule has 2 unspecified atom stereocenters. The molecule has 3 nitrogen and oxygen atoms in total. The van der Waals surface area contributed by atoms with Gasteiger partial charge in [-0.15, -0.1) is 0 Å². The van der Waals surface area contributed by atoms with Gasteiger partial charge in [0.1, 0.15) is 0 Å². The topological polar surface area (TPSA) is 27.7 Å². The molecule has 6 heteroatoms. The Morgan fingerprint density at radius 3 is 2.50 bits per heavy atom. The highest BCUT2D eigenvalue weighted by Crippen LogP contribution is 2.44. The number of halogens is 3. The van der Waals surface area contributed by atoms with Crippen LogP contribution in [0, 0.1) is 23.5 Å². The molecule has 1 saturated carbocycles. The van der Waals surface area contributed by atoms with E-state index in [0.29, 0.717) is 28.5 Å². The number of hydrogen-bond donors (Lipinski definition) is 0. The molecule has 2 fully saturated rings. The zero-order valence-corrected chi connectivity index (χ0v) is 21.4. The number of rotatable bonds is 7. The van der Waals surface area contributed by atoms with Crippen LogP contribution in [0.25, 0.3) is 0 Å². The third-order valence-corrected chi connectivity index (χ3v) is 7.80. The largest absolute Gasteiger partial charge is 0.494 e. The van der Waals surface area contributed by atoms with E-state index in [2.05, 4.69) is 32.2 Å². The number of methoxy groups -OCH3 is 1. The molecule has 0 N–H and O–H groups in total. The minimum Gasteiger partial charge on any atom is -0.494 e. The van der Waals surface area contributed by atoms with Crippen molar-refractivity contribution in [1.82, 2.24) is 0 Å². The van der Waals surface area contributed by atoms with Crippen molar-refractivity contribution in [3.63, 3.8) is 0 Å². The van der Waals surface area contributed by atoms with Gasteiger partial charge >= 0.3 is 0 Å². The standard InChI is InChI=1S/C30H37F3O3/c1-5-6-21-10-14-24(35-17-21)13-9-20-7-11-22(12-8-20)25-16-23-15-18(2)29(26(31)19(3)34-4)36-30(23)28(33)27(25)32/h9,13,16,20-22,24H,2-3,5-8,10-12,14-15,17H2,1,4H3/b13-9+,29-26-. The first kappa shape index (κ1) is 26.6. The summed E-state index contributed by atoms with van der Waals surface area (Å²) in [5.74, 6) is -2.63. The SMILES string of the molecule is C=C(OC)/C(F)=C1/Oc2c(cc(C3CCC(/C=C/C4CCC(CCC)CO4)CC3)c(F)c2F)CC1=C. The van der Waals surface area contributed by atoms with Crippen molar-refractivity contribution in [2.45, 2.75) is 76.7 Å². The first-order chi connectivity index (χ1) is 17.3. The van der Waals surface area contributed by atoms with Crippen molar-refractivity contribution >= 4 is 0 Å². The lowest BCUT2D eigenvalue weighted by Crippen LogP contribution is -2.24. The summed E-state index contributed by atoms with van der Waals surface area (Å²) in [6, 6.07) is 1.67. The summed E-state index contributed by atoms with van der Waals surface area (Å²) in [6.07, 6.45) is 13.0. The van der Waals surface area contributed by atoms with Crippen LogP contribution >= 0.6 is 0 Å². The molecule has 0 spiro atoms. The minimum absolute atomic E-state index is 0.0645. The minimum atomic E-state index is -1.08. The van der Waals surface area contributed by atoms with Crippen molar-refractivity contribution < 1.29 is 27.4 Å². The van der Waals surface area contributed by atoms with Gasteiger partial charge in [-0.3, -0.25) is 0 Å². The van der Waals surface area contributed by atoms with Gasteiger partial charge < -0.3 is 14.2 Å². The molecule has 196 valence electrons. The summed E-state index contributed by atoms with van der Waals surface area (Å²) < 4.78 is 61.0. The molecule has 1 aromatic carbocycles. The predicted octanol–water partition coefficient (Wildman–Crippen LogP) is 8.22. The molecule has 0 radical (unpaired) electrons. The van der Waals surface area contributed by atoms with Gasteiger partial charge in [-0.05, 0) is 79.9 Å². The van der Waals surface area contributed by atoms with E-state index >= 15 is 8.78 Å². The zero-order chi connectivity index (χ0) is 25.8. The maximum Gasteiger partial charge on any atom is 0.207 e. The van der Waals surface area contributed by atoms with E-state index in [9.17, 15) is 4.39 Å². The lowest BCUT2D eigenvalue weighted by atomic mass is 9.77. The second-order valence-electron chi connectivity index (χ2n) is 10.3. The fourth-order valence-corrected chi connectivity index (χ4v) is 5.64. The van der Waals surface area contributed by atoms with Crippen LogP contribution in [0.1, 0.15) is 75.3 Å². The van der Waals surface area contributed by atoms with E-state index in [1.165, 1.54) is 26.4 Å². The second-order valence-corrected chi connectivity index (χ2v) is 10.3. The molecule has 2 heterocycles. The normalized spacial score (nSPS) is 28.0. The average molecular weight is 503 g/mol. The lowest BCUT2D eigenvalue weighted by molar-refractivity contribution is 0.00806. The smallest absolute Gasteiger partial charge is 0.207 e. The van der Waals surface area contributed by atoms with E-state index in [1.807, 2.05) is 0 Å². The van der Waals surface area contributed by atoms with Gasteiger partial charge in [0.05, 0.1) is 19.8 Å². The molecule has 0 amide bonds. The predicted molar refractivity (Wildman–Crippen MR) is 135 cm³/mol. The molecule has 1 aliphatic carbocycles. The first-order valence-corrected chi connectivity index (χ1v) is 13.1. The number of hydrogen-bond acceptors (Lipinski definition) is 3. The fourth-order valence-electron chi connectivity index (χ4n) is 5.64. The Labute approximate surface area is 212 Å². The van der Waals surface area contributed by atoms with Crippen LogP contribution in [0.2, 0.25) is 0 Å². The summed E-state index contributed by atoms with van der Waals surface area (Å²) in [4.78, 5) is 0. The van der Waals surface area contributed by atoms with Crippen molar-refractivity contribution in [2.75, 3.05) is 13.7 Å². The number of benzene rings is 1. The van der Waals surface area contributed by atoms with Gasteiger partial charge in [-0.25, -0.2) is 4.39 Å². The molecule has 3 aliphatic rings. The van der Waals surface area contributed by atoms with Crippen LogP contribution in [0.4, 0.5) is 13.2 Å². The Bertz CT molecular complexity index is 1040. The van der Waals surface area contributed by atoms with E-state index in [4.69, 9.17) is 14.2 Å². The second kappa shape index (κ2) is 11.7. The average Bonchev–Trinajstić information content (AvgIpc) is 2.89. The van der Waals surface area contributed by atoms with Gasteiger partial charge in [0.25, 0.3) is 0 Å². The molecular formula is C30H37F3O3. The zero-order valence-electron chi connectivity index (χ0n) is 21.4. The Morgan fingerprint density at radius 1 is 1.11 bits per heavy atom. The third-order valence-electron chi connectivity index (χ3n) is 7.80. The highest BCUT2D eigenvalue weighted by Gasteiger charge is 2.32. The van der Waals surface area contributed by atoms with E-state index < -0.39 is 17.5 Å². The molecule has 2 aliphatic heterocycles. The molecule has 1 saturated heterocycles. The van der Waals surface area contributed by atoms with Gasteiger partial charge in [0.15, 0.2) is 23.1 Å². The van der Waals surface area contributed by atoms with Crippen LogP contribution < -0.4 is 4.74 Å². The number of fused-ring (bicyclic) bond motifs is 1. The highest BCUT2D eigenvalue weighted by atomic mass is 19.2. The fraction of sp³-hybridized carbons (Fsp3) is 0.533. The van der Waals surface area contributed by atoms with Crippen molar-refractivity contribution in [2.24, 2.45) is 11.8 Å². The first-order valence-electron chi connectivity index (χ1n) is 13.1. The Kier molecular flexibility index (Phi) is 8.66. The van der Waals surface area contributed by atoms with Crippen LogP contribution in [-0.2, 0) is 15.9 Å². The summed E-state index contributed by atoms with van der Waals surface area (Å²) in [7, 11) is 1.27. The number of allylic oxidation sites excluding steroid dienone is 3. The molecule has 0 aromatic heterocycles. The Balaban J connectivity index is 1.40. The summed E-state index contributed by atoms with van der Waals surface area (Å²) >= 11 is 0. The summed E-state index contributed by atoms with van der Waals surface area (Å²) in [6.45, 7) is 10.4. The van der Waals surface area contributed by atoms with Crippen LogP contribution in [0.3, 0.4) is 0 Å². The van der Waals surface area contributed by atoms with Crippen molar-refractivity contribution in [1.29, 1.82) is 0 Å². The van der Waals surface area contributed by atoms with Gasteiger partial charge in [0.2, 0.25) is 11.6 Å². The maximum atomic E-state index is 15.1. The molecule has 2 atom stereocenters. The third kappa shape index (κ3) is 5.74. The number of ether oxygens (including phenoxy) is 3. The summed E-state index contributed by atoms with van der Waals surface area (Å²) in [5, 5.41) is 0. The monoisotopic (exact) mass is 502 g/mol. The lowest BCUT2D eigenvalue weighted by Gasteiger charge is -2.30. The summed E-state index contributed by atoms with van der Waals surface area (Å²) in [5.41, 5.74) is 1.18. The van der Waals surface area contributed by atoms with Gasteiger partial charge in [-0.1, -0.05) is 38.7 Å². The molecule has 36 heavy (non-hydrogen) atoms. The molecule has 1 aromatic rings. The maximum absolute atomic E-state index is 15.1. The van der Waals surface area contributed by atoms with Crippen LogP contribution in [0.15, 0.2) is 54.3 Å². The Morgan fingerprint density at radius 2 is 1.86 bits per heavy atom. The van der Waals surface area contributed by atoms with Gasteiger partial charge in [0, 0.05) is 12.0 Å². The molecule has 4 rings (SSSR count). The van der Waals surface area contributed by atoms with E-state index in [1.54, 1.807) is 6.07 Å². The van der Waals surface area contributed by atoms with E-state index in [0.717, 1.165) is 38.7 Å². The van der Waals surface area contributed by atoms with E-state index in [-0.39, 0.29) is 35.7 Å². The van der Waals surface area contributed by atoms with Crippen LogP contribution in [-0.4, -0.2) is 19.8 Å². The highest BCUT2D eigenvalue weighted by molar-refractivity contribution is 5.51. The van der Waals surface area contributed by atoms with Crippen molar-refractivity contribution in [3.8, 4) is 5.75 Å². The van der Waals surface area contributed by atoms with Crippen molar-refractivity contribution in [3.05, 3.63) is 77.1 Å². The molecule has 0 bridgehead atoms. The molecular weight excluding hydrogens is 465 g/mol.